The summed E-state index contributed by atoms with van der Waals surface area (Å²) >= 11 is 10.7. The standard InChI is InChI=1S/C8H8ClNS/c1-5-6(8(10)11)3-2-4-7(5)9/h2-4H,1H3,(H2,10,11). The molecular weight excluding hydrogens is 178 g/mol. The second-order valence-corrected chi connectivity index (χ2v) is 3.12. The lowest BCUT2D eigenvalue weighted by atomic mass is 10.1. The van der Waals surface area contributed by atoms with Gasteiger partial charge in [0.25, 0.3) is 0 Å². The molecule has 1 aromatic rings. The Labute approximate surface area is 76.2 Å². The predicted molar refractivity (Wildman–Crippen MR) is 52.1 cm³/mol. The molecule has 0 atom stereocenters. The molecule has 0 aliphatic rings. The number of halogens is 1. The van der Waals surface area contributed by atoms with E-state index in [0.29, 0.717) is 10.0 Å². The van der Waals surface area contributed by atoms with E-state index in [1.165, 1.54) is 0 Å². The molecule has 1 nitrogen and oxygen atoms in total. The molecule has 0 amide bonds. The molecule has 11 heavy (non-hydrogen) atoms. The fourth-order valence-electron chi connectivity index (χ4n) is 0.874. The molecule has 1 aromatic carbocycles. The van der Waals surface area contributed by atoms with Crippen molar-refractivity contribution in [3.8, 4) is 0 Å². The van der Waals surface area contributed by atoms with Crippen LogP contribution in [-0.4, -0.2) is 4.99 Å². The maximum atomic E-state index is 5.84. The molecule has 0 unspecified atom stereocenters. The summed E-state index contributed by atoms with van der Waals surface area (Å²) in [4.78, 5) is 0.394. The molecule has 2 N–H and O–H groups in total. The Bertz CT molecular complexity index is 296. The summed E-state index contributed by atoms with van der Waals surface area (Å²) in [5.41, 5.74) is 7.26. The van der Waals surface area contributed by atoms with Crippen LogP contribution in [0.3, 0.4) is 0 Å². The van der Waals surface area contributed by atoms with Gasteiger partial charge in [0.15, 0.2) is 0 Å². The molecule has 0 bridgehead atoms. The maximum Gasteiger partial charge on any atom is 0.104 e. The van der Waals surface area contributed by atoms with Gasteiger partial charge >= 0.3 is 0 Å². The second kappa shape index (κ2) is 3.20. The van der Waals surface area contributed by atoms with E-state index in [0.717, 1.165) is 11.1 Å². The highest BCUT2D eigenvalue weighted by atomic mass is 35.5. The SMILES string of the molecule is Cc1c(Cl)cccc1C(N)=S. The van der Waals surface area contributed by atoms with Crippen molar-refractivity contribution in [2.45, 2.75) is 6.92 Å². The minimum atomic E-state index is 0.394. The van der Waals surface area contributed by atoms with E-state index < -0.39 is 0 Å². The van der Waals surface area contributed by atoms with Crippen molar-refractivity contribution in [2.24, 2.45) is 5.73 Å². The summed E-state index contributed by atoms with van der Waals surface area (Å²) < 4.78 is 0. The number of hydrogen-bond donors (Lipinski definition) is 1. The van der Waals surface area contributed by atoms with Crippen molar-refractivity contribution in [1.82, 2.24) is 0 Å². The van der Waals surface area contributed by atoms with Gasteiger partial charge < -0.3 is 5.73 Å². The Morgan fingerprint density at radius 2 is 2.18 bits per heavy atom. The molecule has 58 valence electrons. The second-order valence-electron chi connectivity index (χ2n) is 2.28. The quantitative estimate of drug-likeness (QED) is 0.680. The topological polar surface area (TPSA) is 26.0 Å². The monoisotopic (exact) mass is 185 g/mol. The van der Waals surface area contributed by atoms with Gasteiger partial charge in [-0.25, -0.2) is 0 Å². The Morgan fingerprint density at radius 3 is 2.64 bits per heavy atom. The summed E-state index contributed by atoms with van der Waals surface area (Å²) in [6, 6.07) is 5.52. The van der Waals surface area contributed by atoms with E-state index in [4.69, 9.17) is 29.6 Å². The summed E-state index contributed by atoms with van der Waals surface area (Å²) in [5, 5.41) is 0.704. The van der Waals surface area contributed by atoms with E-state index >= 15 is 0 Å². The number of thiocarbonyl (C=S) groups is 1. The Morgan fingerprint density at radius 1 is 1.55 bits per heavy atom. The lowest BCUT2D eigenvalue weighted by Crippen LogP contribution is -2.10. The molecule has 0 saturated carbocycles. The van der Waals surface area contributed by atoms with Crippen LogP contribution in [0.5, 0.6) is 0 Å². The zero-order valence-corrected chi connectivity index (χ0v) is 7.67. The van der Waals surface area contributed by atoms with Crippen LogP contribution < -0.4 is 5.73 Å². The van der Waals surface area contributed by atoms with Crippen LogP contribution in [0.25, 0.3) is 0 Å². The van der Waals surface area contributed by atoms with Gasteiger partial charge in [0.1, 0.15) is 4.99 Å². The third-order valence-electron chi connectivity index (χ3n) is 1.53. The van der Waals surface area contributed by atoms with Crippen LogP contribution >= 0.6 is 23.8 Å². The van der Waals surface area contributed by atoms with Crippen LogP contribution in [0.1, 0.15) is 11.1 Å². The number of nitrogens with two attached hydrogens (primary N) is 1. The van der Waals surface area contributed by atoms with Gasteiger partial charge in [-0.2, -0.15) is 0 Å². The van der Waals surface area contributed by atoms with Crippen molar-refractivity contribution in [1.29, 1.82) is 0 Å². The number of hydrogen-bond acceptors (Lipinski definition) is 1. The number of rotatable bonds is 1. The third kappa shape index (κ3) is 1.70. The van der Waals surface area contributed by atoms with E-state index in [1.807, 2.05) is 25.1 Å². The summed E-state index contributed by atoms with van der Waals surface area (Å²) in [6.07, 6.45) is 0. The largest absolute Gasteiger partial charge is 0.389 e. The highest BCUT2D eigenvalue weighted by molar-refractivity contribution is 7.80. The fraction of sp³-hybridized carbons (Fsp3) is 0.125. The lowest BCUT2D eigenvalue weighted by molar-refractivity contribution is 1.44. The van der Waals surface area contributed by atoms with Gasteiger partial charge in [0.05, 0.1) is 0 Å². The van der Waals surface area contributed by atoms with Crippen molar-refractivity contribution in [3.63, 3.8) is 0 Å². The van der Waals surface area contributed by atoms with Gasteiger partial charge in [-0.15, -0.1) is 0 Å². The van der Waals surface area contributed by atoms with E-state index in [1.54, 1.807) is 0 Å². The van der Waals surface area contributed by atoms with Crippen LogP contribution in [0.2, 0.25) is 5.02 Å². The van der Waals surface area contributed by atoms with Crippen molar-refractivity contribution < 1.29 is 0 Å². The van der Waals surface area contributed by atoms with Crippen LogP contribution in [0.15, 0.2) is 18.2 Å². The van der Waals surface area contributed by atoms with Gasteiger partial charge in [0.2, 0.25) is 0 Å². The summed E-state index contributed by atoms with van der Waals surface area (Å²) in [6.45, 7) is 1.90. The average molecular weight is 186 g/mol. The van der Waals surface area contributed by atoms with Gasteiger partial charge in [-0.1, -0.05) is 36.0 Å². The lowest BCUT2D eigenvalue weighted by Gasteiger charge is -2.03. The first-order valence-electron chi connectivity index (χ1n) is 3.18. The smallest absolute Gasteiger partial charge is 0.104 e. The normalized spacial score (nSPS) is 9.64. The highest BCUT2D eigenvalue weighted by Gasteiger charge is 2.02. The van der Waals surface area contributed by atoms with Crippen LogP contribution in [0, 0.1) is 6.92 Å². The van der Waals surface area contributed by atoms with E-state index in [2.05, 4.69) is 0 Å². The molecule has 0 heterocycles. The molecule has 1 rings (SSSR count). The predicted octanol–water partition coefficient (Wildman–Crippen LogP) is 2.28. The van der Waals surface area contributed by atoms with Crippen molar-refractivity contribution in [2.75, 3.05) is 0 Å². The Hall–Kier alpha value is -0.600. The first kappa shape index (κ1) is 8.50. The van der Waals surface area contributed by atoms with Gasteiger partial charge in [-0.05, 0) is 18.6 Å². The van der Waals surface area contributed by atoms with Gasteiger partial charge in [0, 0.05) is 10.6 Å². The zero-order chi connectivity index (χ0) is 8.43. The summed E-state index contributed by atoms with van der Waals surface area (Å²) in [5.74, 6) is 0. The zero-order valence-electron chi connectivity index (χ0n) is 6.10. The Kier molecular flexibility index (Phi) is 2.47. The molecule has 0 aliphatic heterocycles. The van der Waals surface area contributed by atoms with E-state index in [9.17, 15) is 0 Å². The molecule has 0 saturated heterocycles. The molecule has 3 heteroatoms. The average Bonchev–Trinajstić information content (AvgIpc) is 1.94. The number of benzene rings is 1. The molecule has 0 spiro atoms. The first-order chi connectivity index (χ1) is 5.13. The minimum Gasteiger partial charge on any atom is -0.389 e. The van der Waals surface area contributed by atoms with Gasteiger partial charge in [-0.3, -0.25) is 0 Å². The minimum absolute atomic E-state index is 0.394. The van der Waals surface area contributed by atoms with Crippen LogP contribution in [0.4, 0.5) is 0 Å². The first-order valence-corrected chi connectivity index (χ1v) is 3.96. The molecule has 0 aromatic heterocycles. The molecule has 0 aliphatic carbocycles. The molecule has 0 radical (unpaired) electrons. The molecule has 0 fully saturated rings. The Balaban J connectivity index is 3.27. The summed E-state index contributed by atoms with van der Waals surface area (Å²) in [7, 11) is 0. The van der Waals surface area contributed by atoms with Crippen molar-refractivity contribution >= 4 is 28.8 Å². The fourth-order valence-corrected chi connectivity index (χ4v) is 1.27. The van der Waals surface area contributed by atoms with Crippen molar-refractivity contribution in [3.05, 3.63) is 34.3 Å². The van der Waals surface area contributed by atoms with Crippen LogP contribution in [-0.2, 0) is 0 Å². The molecular formula is C8H8ClNS. The third-order valence-corrected chi connectivity index (χ3v) is 2.16. The highest BCUT2D eigenvalue weighted by Crippen LogP contribution is 2.18. The maximum absolute atomic E-state index is 5.84. The van der Waals surface area contributed by atoms with E-state index in [-0.39, 0.29) is 0 Å².